The van der Waals surface area contributed by atoms with E-state index in [0.717, 1.165) is 18.7 Å². The van der Waals surface area contributed by atoms with E-state index >= 15 is 0 Å². The van der Waals surface area contributed by atoms with Gasteiger partial charge in [0, 0.05) is 37.9 Å². The van der Waals surface area contributed by atoms with Gasteiger partial charge in [-0.15, -0.1) is 0 Å². The lowest BCUT2D eigenvalue weighted by Crippen LogP contribution is -2.25. The number of hydrogen-bond donors (Lipinski definition) is 0. The number of hydrogen-bond acceptors (Lipinski definition) is 4. The number of carbonyl (C=O) groups is 1. The topological polar surface area (TPSA) is 47.4 Å². The van der Waals surface area contributed by atoms with Crippen LogP contribution in [0.15, 0.2) is 36.7 Å². The Hall–Kier alpha value is -2.14. The third-order valence-corrected chi connectivity index (χ3v) is 3.94. The molecule has 0 bridgehead atoms. The van der Waals surface area contributed by atoms with E-state index < -0.39 is 0 Å². The van der Waals surface area contributed by atoms with E-state index in [9.17, 15) is 4.79 Å². The van der Waals surface area contributed by atoms with E-state index in [-0.39, 0.29) is 5.97 Å². The molecule has 1 saturated carbocycles. The molecule has 0 atom stereocenters. The third-order valence-electron chi connectivity index (χ3n) is 3.94. The molecule has 5 nitrogen and oxygen atoms in total. The van der Waals surface area contributed by atoms with Crippen LogP contribution in [0.2, 0.25) is 0 Å². The highest BCUT2D eigenvalue weighted by Gasteiger charge is 2.29. The predicted octanol–water partition coefficient (Wildman–Crippen LogP) is 2.37. The first kappa shape index (κ1) is 14.8. The van der Waals surface area contributed by atoms with Gasteiger partial charge in [0.2, 0.25) is 0 Å². The minimum absolute atomic E-state index is 0.285. The Balaban J connectivity index is 1.72. The van der Waals surface area contributed by atoms with E-state index in [1.807, 2.05) is 30.1 Å². The Bertz CT molecular complexity index is 661. The van der Waals surface area contributed by atoms with Crippen LogP contribution < -0.4 is 0 Å². The molecule has 1 heterocycles. The second kappa shape index (κ2) is 6.32. The van der Waals surface area contributed by atoms with Gasteiger partial charge in [-0.25, -0.2) is 4.79 Å². The van der Waals surface area contributed by atoms with Crippen molar-refractivity contribution in [1.82, 2.24) is 14.7 Å². The average Bonchev–Trinajstić information content (AvgIpc) is 3.29. The maximum absolute atomic E-state index is 11.6. The summed E-state index contributed by atoms with van der Waals surface area (Å²) in [4.78, 5) is 14.1. The molecule has 5 heteroatoms. The molecule has 0 aliphatic heterocycles. The van der Waals surface area contributed by atoms with Gasteiger partial charge in [-0.05, 0) is 30.5 Å². The summed E-state index contributed by atoms with van der Waals surface area (Å²) >= 11 is 0. The lowest BCUT2D eigenvalue weighted by atomic mass is 10.1. The molecule has 1 fully saturated rings. The van der Waals surface area contributed by atoms with Gasteiger partial charge in [-0.3, -0.25) is 9.58 Å². The van der Waals surface area contributed by atoms with Crippen molar-refractivity contribution in [3.63, 3.8) is 0 Å². The Morgan fingerprint density at radius 1 is 1.36 bits per heavy atom. The number of benzene rings is 1. The van der Waals surface area contributed by atoms with Crippen LogP contribution in [0.25, 0.3) is 0 Å². The fraction of sp³-hybridized carbons (Fsp3) is 0.412. The van der Waals surface area contributed by atoms with Gasteiger partial charge < -0.3 is 4.74 Å². The number of aromatic nitrogens is 2. The zero-order valence-corrected chi connectivity index (χ0v) is 13.0. The van der Waals surface area contributed by atoms with Crippen molar-refractivity contribution in [3.8, 4) is 0 Å². The molecule has 0 radical (unpaired) electrons. The normalized spacial score (nSPS) is 14.3. The van der Waals surface area contributed by atoms with Crippen molar-refractivity contribution in [2.24, 2.45) is 7.05 Å². The monoisotopic (exact) mass is 299 g/mol. The van der Waals surface area contributed by atoms with Crippen molar-refractivity contribution >= 4 is 5.97 Å². The molecule has 0 N–H and O–H groups in total. The first-order chi connectivity index (χ1) is 10.7. The molecule has 3 rings (SSSR count). The SMILES string of the molecule is COC(=O)c1cccc(CN(Cc2cnn(C)c2)C2CC2)c1. The predicted molar refractivity (Wildman–Crippen MR) is 83.3 cm³/mol. The number of carbonyl (C=O) groups excluding carboxylic acids is 1. The number of esters is 1. The summed E-state index contributed by atoms with van der Waals surface area (Å²) in [5, 5.41) is 4.23. The molecular formula is C17H21N3O2. The van der Waals surface area contributed by atoms with E-state index in [1.165, 1.54) is 25.5 Å². The minimum atomic E-state index is -0.285. The highest BCUT2D eigenvalue weighted by molar-refractivity contribution is 5.89. The molecule has 22 heavy (non-hydrogen) atoms. The van der Waals surface area contributed by atoms with Crippen molar-refractivity contribution in [1.29, 1.82) is 0 Å². The van der Waals surface area contributed by atoms with Gasteiger partial charge in [-0.2, -0.15) is 5.10 Å². The van der Waals surface area contributed by atoms with Crippen LogP contribution in [0.5, 0.6) is 0 Å². The quantitative estimate of drug-likeness (QED) is 0.768. The average molecular weight is 299 g/mol. The van der Waals surface area contributed by atoms with Crippen molar-refractivity contribution in [2.75, 3.05) is 7.11 Å². The van der Waals surface area contributed by atoms with Gasteiger partial charge in [0.25, 0.3) is 0 Å². The van der Waals surface area contributed by atoms with Crippen LogP contribution in [0, 0.1) is 0 Å². The zero-order valence-electron chi connectivity index (χ0n) is 13.0. The molecule has 116 valence electrons. The highest BCUT2D eigenvalue weighted by Crippen LogP contribution is 2.29. The highest BCUT2D eigenvalue weighted by atomic mass is 16.5. The number of aryl methyl sites for hydroxylation is 1. The summed E-state index contributed by atoms with van der Waals surface area (Å²) in [7, 11) is 3.35. The van der Waals surface area contributed by atoms with Gasteiger partial charge in [0.1, 0.15) is 0 Å². The molecule has 1 aromatic heterocycles. The molecular weight excluding hydrogens is 278 g/mol. The third kappa shape index (κ3) is 3.54. The van der Waals surface area contributed by atoms with Crippen LogP contribution in [0.3, 0.4) is 0 Å². The molecule has 0 unspecified atom stereocenters. The molecule has 0 spiro atoms. The Labute approximate surface area is 130 Å². The van der Waals surface area contributed by atoms with Crippen LogP contribution in [-0.2, 0) is 24.9 Å². The summed E-state index contributed by atoms with van der Waals surface area (Å²) in [6.45, 7) is 1.73. The van der Waals surface area contributed by atoms with Crippen molar-refractivity contribution in [2.45, 2.75) is 32.0 Å². The number of methoxy groups -OCH3 is 1. The van der Waals surface area contributed by atoms with Gasteiger partial charge >= 0.3 is 5.97 Å². The first-order valence-electron chi connectivity index (χ1n) is 7.54. The molecule has 1 aromatic carbocycles. The second-order valence-corrected chi connectivity index (χ2v) is 5.85. The van der Waals surface area contributed by atoms with E-state index in [1.54, 1.807) is 6.07 Å². The Kier molecular flexibility index (Phi) is 4.24. The summed E-state index contributed by atoms with van der Waals surface area (Å²) < 4.78 is 6.62. The number of ether oxygens (including phenoxy) is 1. The van der Waals surface area contributed by atoms with E-state index in [2.05, 4.69) is 22.3 Å². The fourth-order valence-corrected chi connectivity index (χ4v) is 2.69. The Morgan fingerprint density at radius 2 is 2.14 bits per heavy atom. The van der Waals surface area contributed by atoms with E-state index in [0.29, 0.717) is 11.6 Å². The zero-order chi connectivity index (χ0) is 15.5. The smallest absolute Gasteiger partial charge is 0.337 e. The second-order valence-electron chi connectivity index (χ2n) is 5.85. The lowest BCUT2D eigenvalue weighted by Gasteiger charge is -2.21. The van der Waals surface area contributed by atoms with Crippen molar-refractivity contribution in [3.05, 3.63) is 53.3 Å². The van der Waals surface area contributed by atoms with Gasteiger partial charge in [-0.1, -0.05) is 12.1 Å². The fourth-order valence-electron chi connectivity index (χ4n) is 2.69. The molecule has 1 aliphatic carbocycles. The molecule has 2 aromatic rings. The van der Waals surface area contributed by atoms with Gasteiger partial charge in [0.15, 0.2) is 0 Å². The summed E-state index contributed by atoms with van der Waals surface area (Å²) in [6.07, 6.45) is 6.47. The maximum atomic E-state index is 11.6. The standard InChI is InChI=1S/C17H21N3O2/c1-19-10-14(9-18-19)12-20(16-6-7-16)11-13-4-3-5-15(8-13)17(21)22-2/h3-5,8-10,16H,6-7,11-12H2,1-2H3. The van der Waals surface area contributed by atoms with Crippen LogP contribution >= 0.6 is 0 Å². The van der Waals surface area contributed by atoms with Gasteiger partial charge in [0.05, 0.1) is 18.9 Å². The minimum Gasteiger partial charge on any atom is -0.465 e. The number of rotatable bonds is 6. The molecule has 0 amide bonds. The van der Waals surface area contributed by atoms with Crippen LogP contribution in [0.4, 0.5) is 0 Å². The first-order valence-corrected chi connectivity index (χ1v) is 7.54. The van der Waals surface area contributed by atoms with Crippen LogP contribution in [0.1, 0.15) is 34.3 Å². The van der Waals surface area contributed by atoms with E-state index in [4.69, 9.17) is 4.74 Å². The maximum Gasteiger partial charge on any atom is 0.337 e. The summed E-state index contributed by atoms with van der Waals surface area (Å²) in [5.41, 5.74) is 2.97. The lowest BCUT2D eigenvalue weighted by molar-refractivity contribution is 0.0600. The summed E-state index contributed by atoms with van der Waals surface area (Å²) in [6, 6.07) is 8.33. The Morgan fingerprint density at radius 3 is 2.77 bits per heavy atom. The van der Waals surface area contributed by atoms with Crippen LogP contribution in [-0.4, -0.2) is 33.8 Å². The molecule has 0 saturated heterocycles. The largest absolute Gasteiger partial charge is 0.465 e. The molecule has 1 aliphatic rings. The van der Waals surface area contributed by atoms with Crippen molar-refractivity contribution < 1.29 is 9.53 Å². The number of nitrogens with zero attached hydrogens (tertiary/aromatic N) is 3. The summed E-state index contributed by atoms with van der Waals surface area (Å²) in [5.74, 6) is -0.285.